The molecule has 0 bridgehead atoms. The number of carbonyl (C=O) groups is 1. The smallest absolute Gasteiger partial charge is 0.337 e. The SMILES string of the molecule is COC(=O)c1ccc(N(C)C)c(C(C)(C)O)c1. The minimum absolute atomic E-state index is 0.402. The molecule has 0 aliphatic heterocycles. The monoisotopic (exact) mass is 237 g/mol. The highest BCUT2D eigenvalue weighted by molar-refractivity contribution is 5.90. The van der Waals surface area contributed by atoms with E-state index in [0.717, 1.165) is 5.69 Å². The first-order valence-electron chi connectivity index (χ1n) is 5.40. The predicted octanol–water partition coefficient (Wildman–Crippen LogP) is 1.77. The summed E-state index contributed by atoms with van der Waals surface area (Å²) in [5.41, 5.74) is 1.01. The van der Waals surface area contributed by atoms with Crippen LogP contribution < -0.4 is 4.90 Å². The molecule has 0 saturated heterocycles. The van der Waals surface area contributed by atoms with E-state index in [1.165, 1.54) is 7.11 Å². The van der Waals surface area contributed by atoms with E-state index in [2.05, 4.69) is 4.74 Å². The van der Waals surface area contributed by atoms with Gasteiger partial charge in [0.2, 0.25) is 0 Å². The van der Waals surface area contributed by atoms with Crippen LogP contribution in [0.15, 0.2) is 18.2 Å². The van der Waals surface area contributed by atoms with Crippen LogP contribution in [0.5, 0.6) is 0 Å². The van der Waals surface area contributed by atoms with E-state index >= 15 is 0 Å². The number of ether oxygens (including phenoxy) is 1. The Labute approximate surface area is 102 Å². The maximum absolute atomic E-state index is 11.5. The number of aliphatic hydroxyl groups is 1. The second kappa shape index (κ2) is 4.75. The summed E-state index contributed by atoms with van der Waals surface area (Å²) in [6, 6.07) is 5.16. The summed E-state index contributed by atoms with van der Waals surface area (Å²) in [5.74, 6) is -0.402. The van der Waals surface area contributed by atoms with Gasteiger partial charge in [-0.1, -0.05) is 0 Å². The first-order chi connectivity index (χ1) is 7.77. The summed E-state index contributed by atoms with van der Waals surface area (Å²) in [7, 11) is 5.12. The van der Waals surface area contributed by atoms with E-state index in [1.807, 2.05) is 19.0 Å². The maximum Gasteiger partial charge on any atom is 0.337 e. The van der Waals surface area contributed by atoms with Crippen LogP contribution in [0.25, 0.3) is 0 Å². The second-order valence-corrected chi connectivity index (χ2v) is 4.68. The Morgan fingerprint density at radius 2 is 1.94 bits per heavy atom. The topological polar surface area (TPSA) is 49.8 Å². The Bertz CT molecular complexity index is 419. The largest absolute Gasteiger partial charge is 0.465 e. The molecule has 0 heterocycles. The van der Waals surface area contributed by atoms with Gasteiger partial charge in [0.25, 0.3) is 0 Å². The summed E-state index contributed by atoms with van der Waals surface area (Å²) in [6.07, 6.45) is 0. The Morgan fingerprint density at radius 3 is 2.35 bits per heavy atom. The first kappa shape index (κ1) is 13.5. The zero-order valence-electron chi connectivity index (χ0n) is 10.9. The molecule has 1 N–H and O–H groups in total. The third-order valence-corrected chi connectivity index (χ3v) is 2.56. The molecule has 1 aromatic rings. The molecule has 0 atom stereocenters. The molecule has 0 amide bonds. The van der Waals surface area contributed by atoms with Gasteiger partial charge in [-0.25, -0.2) is 4.79 Å². The van der Waals surface area contributed by atoms with Crippen molar-refractivity contribution >= 4 is 11.7 Å². The minimum atomic E-state index is -1.01. The summed E-state index contributed by atoms with van der Waals surface area (Å²) in [4.78, 5) is 13.4. The number of benzene rings is 1. The summed E-state index contributed by atoms with van der Waals surface area (Å²) in [6.45, 7) is 3.38. The van der Waals surface area contributed by atoms with E-state index in [0.29, 0.717) is 11.1 Å². The Hall–Kier alpha value is -1.55. The quantitative estimate of drug-likeness (QED) is 0.814. The number of methoxy groups -OCH3 is 1. The van der Waals surface area contributed by atoms with E-state index in [1.54, 1.807) is 32.0 Å². The molecule has 1 aromatic carbocycles. The normalized spacial score (nSPS) is 11.2. The molecule has 0 unspecified atom stereocenters. The van der Waals surface area contributed by atoms with Gasteiger partial charge in [-0.3, -0.25) is 0 Å². The molecular formula is C13H19NO3. The van der Waals surface area contributed by atoms with Crippen molar-refractivity contribution in [2.24, 2.45) is 0 Å². The van der Waals surface area contributed by atoms with Crippen molar-refractivity contribution in [3.8, 4) is 0 Å². The van der Waals surface area contributed by atoms with E-state index in [9.17, 15) is 9.90 Å². The van der Waals surface area contributed by atoms with Crippen molar-refractivity contribution in [3.05, 3.63) is 29.3 Å². The average molecular weight is 237 g/mol. The zero-order valence-corrected chi connectivity index (χ0v) is 10.9. The van der Waals surface area contributed by atoms with Crippen molar-refractivity contribution in [2.45, 2.75) is 19.4 Å². The Morgan fingerprint density at radius 1 is 1.35 bits per heavy atom. The number of hydrogen-bond acceptors (Lipinski definition) is 4. The van der Waals surface area contributed by atoms with Crippen LogP contribution in [0.1, 0.15) is 29.8 Å². The van der Waals surface area contributed by atoms with Crippen LogP contribution in [0.4, 0.5) is 5.69 Å². The molecule has 0 fully saturated rings. The molecule has 0 aliphatic carbocycles. The molecular weight excluding hydrogens is 218 g/mol. The van der Waals surface area contributed by atoms with E-state index in [-0.39, 0.29) is 0 Å². The summed E-state index contributed by atoms with van der Waals surface area (Å²) < 4.78 is 4.67. The van der Waals surface area contributed by atoms with Gasteiger partial charge < -0.3 is 14.7 Å². The zero-order chi connectivity index (χ0) is 13.2. The van der Waals surface area contributed by atoms with Gasteiger partial charge in [0.15, 0.2) is 0 Å². The number of hydrogen-bond donors (Lipinski definition) is 1. The third-order valence-electron chi connectivity index (χ3n) is 2.56. The van der Waals surface area contributed by atoms with Crippen molar-refractivity contribution in [2.75, 3.05) is 26.1 Å². The molecule has 0 aliphatic rings. The molecule has 1 rings (SSSR count). The predicted molar refractivity (Wildman–Crippen MR) is 67.4 cm³/mol. The fraction of sp³-hybridized carbons (Fsp3) is 0.462. The number of anilines is 1. The molecule has 0 aromatic heterocycles. The number of esters is 1. The summed E-state index contributed by atoms with van der Waals surface area (Å²) >= 11 is 0. The third kappa shape index (κ3) is 2.97. The van der Waals surface area contributed by atoms with Crippen molar-refractivity contribution in [1.82, 2.24) is 0 Å². The van der Waals surface area contributed by atoms with Gasteiger partial charge in [0.1, 0.15) is 0 Å². The minimum Gasteiger partial charge on any atom is -0.465 e. The highest BCUT2D eigenvalue weighted by atomic mass is 16.5. The average Bonchev–Trinajstić information content (AvgIpc) is 2.25. The van der Waals surface area contributed by atoms with Crippen molar-refractivity contribution in [3.63, 3.8) is 0 Å². The Kier molecular flexibility index (Phi) is 3.78. The van der Waals surface area contributed by atoms with Gasteiger partial charge in [0, 0.05) is 25.3 Å². The van der Waals surface area contributed by atoms with Crippen LogP contribution in [0.3, 0.4) is 0 Å². The maximum atomic E-state index is 11.5. The molecule has 0 saturated carbocycles. The van der Waals surface area contributed by atoms with Crippen molar-refractivity contribution in [1.29, 1.82) is 0 Å². The number of carbonyl (C=O) groups excluding carboxylic acids is 1. The molecule has 94 valence electrons. The second-order valence-electron chi connectivity index (χ2n) is 4.68. The molecule has 4 nitrogen and oxygen atoms in total. The molecule has 17 heavy (non-hydrogen) atoms. The van der Waals surface area contributed by atoms with Crippen molar-refractivity contribution < 1.29 is 14.6 Å². The first-order valence-corrected chi connectivity index (χ1v) is 5.40. The highest BCUT2D eigenvalue weighted by Crippen LogP contribution is 2.30. The standard InChI is InChI=1S/C13H19NO3/c1-13(2,16)10-8-9(12(15)17-5)6-7-11(10)14(3)4/h6-8,16H,1-5H3. The highest BCUT2D eigenvalue weighted by Gasteiger charge is 2.22. The van der Waals surface area contributed by atoms with E-state index in [4.69, 9.17) is 0 Å². The van der Waals surface area contributed by atoms with Gasteiger partial charge in [-0.2, -0.15) is 0 Å². The number of rotatable bonds is 3. The van der Waals surface area contributed by atoms with Crippen LogP contribution in [0, 0.1) is 0 Å². The van der Waals surface area contributed by atoms with Gasteiger partial charge in [0.05, 0.1) is 18.3 Å². The lowest BCUT2D eigenvalue weighted by atomic mass is 9.94. The van der Waals surface area contributed by atoms with Gasteiger partial charge in [-0.05, 0) is 32.0 Å². The summed E-state index contributed by atoms with van der Waals surface area (Å²) in [5, 5.41) is 10.1. The van der Waals surface area contributed by atoms with Crippen LogP contribution in [0.2, 0.25) is 0 Å². The molecule has 0 radical (unpaired) electrons. The molecule has 4 heteroatoms. The molecule has 0 spiro atoms. The lowest BCUT2D eigenvalue weighted by Crippen LogP contribution is -2.22. The van der Waals surface area contributed by atoms with Crippen LogP contribution >= 0.6 is 0 Å². The lowest BCUT2D eigenvalue weighted by Gasteiger charge is -2.26. The van der Waals surface area contributed by atoms with Gasteiger partial charge >= 0.3 is 5.97 Å². The van der Waals surface area contributed by atoms with Crippen LogP contribution in [-0.2, 0) is 10.3 Å². The van der Waals surface area contributed by atoms with Gasteiger partial charge in [-0.15, -0.1) is 0 Å². The number of nitrogens with zero attached hydrogens (tertiary/aromatic N) is 1. The fourth-order valence-corrected chi connectivity index (χ4v) is 1.66. The fourth-order valence-electron chi connectivity index (χ4n) is 1.66. The Balaban J connectivity index is 3.35. The van der Waals surface area contributed by atoms with E-state index < -0.39 is 11.6 Å². The lowest BCUT2D eigenvalue weighted by molar-refractivity contribution is 0.0598. The van der Waals surface area contributed by atoms with Crippen LogP contribution in [-0.4, -0.2) is 32.3 Å².